The van der Waals surface area contributed by atoms with Gasteiger partial charge in [0.05, 0.1) is 28.4 Å². The number of fused-ring (bicyclic) bond motifs is 3. The number of benzene rings is 2. The Labute approximate surface area is 223 Å². The number of amides is 2. The first-order valence-corrected chi connectivity index (χ1v) is 12.6. The van der Waals surface area contributed by atoms with E-state index in [4.69, 9.17) is 11.6 Å². The number of pyridine rings is 1. The molecule has 1 aromatic heterocycles. The highest BCUT2D eigenvalue weighted by atomic mass is 35.5. The van der Waals surface area contributed by atoms with Crippen LogP contribution in [0.25, 0.3) is 11.1 Å². The number of carbonyl (C=O) groups is 1. The Morgan fingerprint density at radius 3 is 2.55 bits per heavy atom. The van der Waals surface area contributed by atoms with E-state index in [1.54, 1.807) is 25.1 Å². The summed E-state index contributed by atoms with van der Waals surface area (Å²) in [6, 6.07) is 10.0. The van der Waals surface area contributed by atoms with Crippen molar-refractivity contribution < 1.29 is 18.7 Å². The minimum absolute atomic E-state index is 0.140. The van der Waals surface area contributed by atoms with Crippen molar-refractivity contribution in [1.29, 1.82) is 5.26 Å². The molecule has 2 aromatic carbocycles. The summed E-state index contributed by atoms with van der Waals surface area (Å²) in [5.74, 6) is -1.60. The molecule has 3 aromatic rings. The van der Waals surface area contributed by atoms with Crippen LogP contribution >= 0.6 is 11.6 Å². The van der Waals surface area contributed by atoms with Crippen LogP contribution in [0.1, 0.15) is 25.3 Å². The van der Waals surface area contributed by atoms with E-state index in [2.05, 4.69) is 15.6 Å². The Kier molecular flexibility index (Phi) is 7.17. The van der Waals surface area contributed by atoms with Gasteiger partial charge in [-0.1, -0.05) is 17.7 Å². The third kappa shape index (κ3) is 4.76. The highest BCUT2D eigenvalue weighted by molar-refractivity contribution is 6.31. The molecule has 38 heavy (non-hydrogen) atoms. The molecule has 196 valence electrons. The summed E-state index contributed by atoms with van der Waals surface area (Å²) in [7, 11) is 0. The van der Waals surface area contributed by atoms with Gasteiger partial charge in [-0.05, 0) is 50.1 Å². The molecule has 0 bridgehead atoms. The molecule has 1 aliphatic heterocycles. The van der Waals surface area contributed by atoms with Crippen molar-refractivity contribution in [2.45, 2.75) is 31.9 Å². The number of halogens is 3. The van der Waals surface area contributed by atoms with E-state index in [1.807, 2.05) is 6.07 Å². The van der Waals surface area contributed by atoms with Crippen molar-refractivity contribution in [3.05, 3.63) is 64.8 Å². The lowest BCUT2D eigenvalue weighted by molar-refractivity contribution is 0.0632. The summed E-state index contributed by atoms with van der Waals surface area (Å²) < 4.78 is 31.2. The van der Waals surface area contributed by atoms with Crippen LogP contribution in [0.5, 0.6) is 0 Å². The molecule has 1 aliphatic carbocycles. The summed E-state index contributed by atoms with van der Waals surface area (Å²) >= 11 is 6.22. The van der Waals surface area contributed by atoms with E-state index in [9.17, 15) is 15.2 Å². The van der Waals surface area contributed by atoms with Crippen LogP contribution in [-0.2, 0) is 0 Å². The van der Waals surface area contributed by atoms with Gasteiger partial charge in [-0.15, -0.1) is 0 Å². The van der Waals surface area contributed by atoms with Gasteiger partial charge >= 0.3 is 6.03 Å². The van der Waals surface area contributed by atoms with E-state index in [-0.39, 0.29) is 35.6 Å². The lowest BCUT2D eigenvalue weighted by Gasteiger charge is -2.32. The van der Waals surface area contributed by atoms with Gasteiger partial charge in [-0.2, -0.15) is 5.26 Å². The normalized spacial score (nSPS) is 18.3. The zero-order valence-corrected chi connectivity index (χ0v) is 21.3. The molecule has 0 unspecified atom stereocenters. The number of carbonyl (C=O) groups excluding carboxylic acids is 1. The van der Waals surface area contributed by atoms with Gasteiger partial charge in [-0.25, -0.2) is 18.6 Å². The second-order valence-electron chi connectivity index (χ2n) is 9.22. The highest BCUT2D eigenvalue weighted by Gasteiger charge is 2.36. The first-order valence-electron chi connectivity index (χ1n) is 12.3. The average molecular weight is 539 g/mol. The van der Waals surface area contributed by atoms with Crippen LogP contribution in [0.3, 0.4) is 0 Å². The summed E-state index contributed by atoms with van der Waals surface area (Å²) in [6.07, 6.45) is 2.52. The molecular weight excluding hydrogens is 514 g/mol. The van der Waals surface area contributed by atoms with E-state index in [0.717, 1.165) is 17.0 Å². The highest BCUT2D eigenvalue weighted by Crippen LogP contribution is 2.45. The summed E-state index contributed by atoms with van der Waals surface area (Å²) in [5, 5.41) is 25.5. The van der Waals surface area contributed by atoms with Gasteiger partial charge in [0.25, 0.3) is 0 Å². The minimum atomic E-state index is -0.947. The molecule has 11 heteroatoms. The standard InChI is InChI=1S/C27H25ClF2N6O2/c1-2-35-26-21(8-16(28)14-34-26)20-4-3-15(13-31)7-24(20)36(27(35)38)25-22(29)11-18(12-23(25)30)33-6-5-32-17-9-19(37)10-17/h3-4,7-8,11-12,14,17,19,32-33,37H,2,5-6,9-10H2,1H3. The van der Waals surface area contributed by atoms with Crippen LogP contribution in [-0.4, -0.2) is 47.9 Å². The number of nitriles is 1. The van der Waals surface area contributed by atoms with Gasteiger partial charge in [0.1, 0.15) is 11.5 Å². The smallest absolute Gasteiger partial charge is 0.334 e. The lowest BCUT2D eigenvalue weighted by Crippen LogP contribution is -2.45. The SMILES string of the molecule is CCN1C(=O)N(c2c(F)cc(NCCNC3CC(O)C3)cc2F)c2cc(C#N)ccc2-c2cc(Cl)cnc21. The molecule has 1 fully saturated rings. The number of anilines is 4. The number of hydrogen-bond acceptors (Lipinski definition) is 6. The molecule has 2 aliphatic rings. The van der Waals surface area contributed by atoms with E-state index in [1.165, 1.54) is 17.2 Å². The Balaban J connectivity index is 1.53. The average Bonchev–Trinajstić information content (AvgIpc) is 2.97. The van der Waals surface area contributed by atoms with Crippen molar-refractivity contribution in [2.75, 3.05) is 34.8 Å². The predicted molar refractivity (Wildman–Crippen MR) is 142 cm³/mol. The van der Waals surface area contributed by atoms with E-state index < -0.39 is 23.4 Å². The van der Waals surface area contributed by atoms with Crippen LogP contribution in [0, 0.1) is 23.0 Å². The first kappa shape index (κ1) is 25.9. The number of urea groups is 1. The number of aliphatic hydroxyl groups excluding tert-OH is 1. The number of aliphatic hydroxyl groups is 1. The molecule has 3 N–H and O–H groups in total. The fourth-order valence-electron chi connectivity index (χ4n) is 4.79. The third-order valence-corrected chi connectivity index (χ3v) is 6.93. The lowest BCUT2D eigenvalue weighted by atomic mass is 9.90. The monoisotopic (exact) mass is 538 g/mol. The van der Waals surface area contributed by atoms with Gasteiger partial charge < -0.3 is 15.7 Å². The van der Waals surface area contributed by atoms with Gasteiger partial charge in [-0.3, -0.25) is 9.80 Å². The molecular formula is C27H25ClF2N6O2. The second kappa shape index (κ2) is 10.5. The van der Waals surface area contributed by atoms with Crippen LogP contribution < -0.4 is 20.4 Å². The van der Waals surface area contributed by atoms with Crippen molar-refractivity contribution >= 4 is 40.5 Å². The minimum Gasteiger partial charge on any atom is -0.393 e. The number of aromatic nitrogens is 1. The van der Waals surface area contributed by atoms with Gasteiger partial charge in [0.2, 0.25) is 0 Å². The van der Waals surface area contributed by atoms with Crippen molar-refractivity contribution in [1.82, 2.24) is 10.3 Å². The fourth-order valence-corrected chi connectivity index (χ4v) is 4.95. The van der Waals surface area contributed by atoms with E-state index >= 15 is 8.78 Å². The molecule has 0 spiro atoms. The zero-order chi connectivity index (χ0) is 27.0. The van der Waals surface area contributed by atoms with Crippen LogP contribution in [0.4, 0.5) is 36.5 Å². The quantitative estimate of drug-likeness (QED) is 0.358. The molecule has 2 amide bonds. The van der Waals surface area contributed by atoms with E-state index in [0.29, 0.717) is 47.9 Å². The Morgan fingerprint density at radius 1 is 1.16 bits per heavy atom. The summed E-state index contributed by atoms with van der Waals surface area (Å²) in [6.45, 7) is 2.86. The Bertz CT molecular complexity index is 1420. The van der Waals surface area contributed by atoms with Crippen LogP contribution in [0.2, 0.25) is 5.02 Å². The molecule has 0 saturated heterocycles. The molecule has 1 saturated carbocycles. The zero-order valence-electron chi connectivity index (χ0n) is 20.5. The predicted octanol–water partition coefficient (Wildman–Crippen LogP) is 5.17. The number of hydrogen-bond donors (Lipinski definition) is 3. The Morgan fingerprint density at radius 2 is 1.89 bits per heavy atom. The Hall–Kier alpha value is -3.78. The molecule has 8 nitrogen and oxygen atoms in total. The maximum absolute atomic E-state index is 15.6. The van der Waals surface area contributed by atoms with Crippen LogP contribution in [0.15, 0.2) is 42.6 Å². The van der Waals surface area contributed by atoms with Gasteiger partial charge in [0.15, 0.2) is 11.6 Å². The number of nitrogens with one attached hydrogen (secondary N) is 2. The maximum atomic E-state index is 15.6. The second-order valence-corrected chi connectivity index (χ2v) is 9.66. The topological polar surface area (TPSA) is 105 Å². The van der Waals surface area contributed by atoms with Gasteiger partial charge in [0, 0.05) is 48.7 Å². The van der Waals surface area contributed by atoms with Crippen molar-refractivity contribution in [3.63, 3.8) is 0 Å². The molecule has 0 atom stereocenters. The maximum Gasteiger partial charge on any atom is 0.334 e. The first-order chi connectivity index (χ1) is 18.3. The molecule has 0 radical (unpaired) electrons. The largest absolute Gasteiger partial charge is 0.393 e. The summed E-state index contributed by atoms with van der Waals surface area (Å²) in [4.78, 5) is 20.4. The van der Waals surface area contributed by atoms with Crippen molar-refractivity contribution in [3.8, 4) is 17.2 Å². The fraction of sp³-hybridized carbons (Fsp3) is 0.296. The molecule has 5 rings (SSSR count). The number of rotatable bonds is 7. The molecule has 2 heterocycles. The number of nitrogens with zero attached hydrogens (tertiary/aromatic N) is 4. The van der Waals surface area contributed by atoms with Crippen molar-refractivity contribution in [2.24, 2.45) is 0 Å². The third-order valence-electron chi connectivity index (χ3n) is 6.73. The summed E-state index contributed by atoms with van der Waals surface area (Å²) in [5.41, 5.74) is 0.966.